The summed E-state index contributed by atoms with van der Waals surface area (Å²) >= 11 is 0. The predicted octanol–water partition coefficient (Wildman–Crippen LogP) is 3.75. The van der Waals surface area contributed by atoms with Crippen LogP contribution in [0.25, 0.3) is 11.1 Å². The number of esters is 1. The monoisotopic (exact) mass is 252 g/mol. The molecule has 0 amide bonds. The standard InChI is InChI=1S/C17H16O2/c1-2-19-17(18)11-16-14-9-5-3-7-12(14)13-8-4-6-10-15(13)16/h3-10,16H,2,11H2,1H3. The van der Waals surface area contributed by atoms with Gasteiger partial charge in [-0.3, -0.25) is 4.79 Å². The van der Waals surface area contributed by atoms with E-state index in [0.29, 0.717) is 13.0 Å². The Labute approximate surface area is 113 Å². The second kappa shape index (κ2) is 4.88. The van der Waals surface area contributed by atoms with Crippen LogP contribution in [0.15, 0.2) is 48.5 Å². The van der Waals surface area contributed by atoms with Gasteiger partial charge in [-0.2, -0.15) is 0 Å². The molecule has 3 rings (SSSR count). The highest BCUT2D eigenvalue weighted by Gasteiger charge is 2.29. The third kappa shape index (κ3) is 2.03. The molecule has 0 atom stereocenters. The van der Waals surface area contributed by atoms with Gasteiger partial charge in [-0.25, -0.2) is 0 Å². The lowest BCUT2D eigenvalue weighted by molar-refractivity contribution is -0.143. The fraction of sp³-hybridized carbons (Fsp3) is 0.235. The van der Waals surface area contributed by atoms with E-state index in [9.17, 15) is 4.79 Å². The topological polar surface area (TPSA) is 26.3 Å². The van der Waals surface area contributed by atoms with Gasteiger partial charge < -0.3 is 4.74 Å². The maximum Gasteiger partial charge on any atom is 0.306 e. The molecule has 96 valence electrons. The van der Waals surface area contributed by atoms with Crippen molar-refractivity contribution in [1.29, 1.82) is 0 Å². The fourth-order valence-electron chi connectivity index (χ4n) is 2.87. The van der Waals surface area contributed by atoms with E-state index in [-0.39, 0.29) is 11.9 Å². The number of benzene rings is 2. The third-order valence-corrected chi connectivity index (χ3v) is 3.64. The zero-order valence-corrected chi connectivity index (χ0v) is 10.9. The molecule has 2 nitrogen and oxygen atoms in total. The van der Waals surface area contributed by atoms with E-state index in [4.69, 9.17) is 4.74 Å². The van der Waals surface area contributed by atoms with Crippen molar-refractivity contribution in [2.75, 3.05) is 6.61 Å². The number of hydrogen-bond acceptors (Lipinski definition) is 2. The summed E-state index contributed by atoms with van der Waals surface area (Å²) in [7, 11) is 0. The molecule has 0 bridgehead atoms. The number of hydrogen-bond donors (Lipinski definition) is 0. The summed E-state index contributed by atoms with van der Waals surface area (Å²) in [5.74, 6) is 0.00505. The Morgan fingerprint density at radius 3 is 2.05 bits per heavy atom. The minimum atomic E-state index is -0.126. The summed E-state index contributed by atoms with van der Waals surface area (Å²) in [5, 5.41) is 0. The summed E-state index contributed by atoms with van der Waals surface area (Å²) in [6, 6.07) is 16.6. The van der Waals surface area contributed by atoms with Crippen molar-refractivity contribution in [2.45, 2.75) is 19.3 Å². The minimum Gasteiger partial charge on any atom is -0.466 e. The number of rotatable bonds is 3. The van der Waals surface area contributed by atoms with Crippen molar-refractivity contribution in [3.8, 4) is 11.1 Å². The Kier molecular flexibility index (Phi) is 3.08. The molecule has 0 saturated heterocycles. The summed E-state index contributed by atoms with van der Waals surface area (Å²) in [6.45, 7) is 2.28. The Bertz CT molecular complexity index is 571. The minimum absolute atomic E-state index is 0.126. The van der Waals surface area contributed by atoms with Crippen molar-refractivity contribution < 1.29 is 9.53 Å². The zero-order valence-electron chi connectivity index (χ0n) is 10.9. The Morgan fingerprint density at radius 1 is 1.00 bits per heavy atom. The highest BCUT2D eigenvalue weighted by Crippen LogP contribution is 2.46. The normalized spacial score (nSPS) is 12.9. The van der Waals surface area contributed by atoms with Crippen LogP contribution < -0.4 is 0 Å². The lowest BCUT2D eigenvalue weighted by Gasteiger charge is -2.12. The molecule has 2 aromatic rings. The zero-order chi connectivity index (χ0) is 13.2. The molecular formula is C17H16O2. The van der Waals surface area contributed by atoms with Crippen molar-refractivity contribution in [3.05, 3.63) is 59.7 Å². The Hall–Kier alpha value is -2.09. The van der Waals surface area contributed by atoms with Gasteiger partial charge in [0.05, 0.1) is 13.0 Å². The summed E-state index contributed by atoms with van der Waals surface area (Å²) in [5.41, 5.74) is 4.95. The molecule has 0 heterocycles. The molecule has 0 spiro atoms. The molecule has 1 aliphatic carbocycles. The average Bonchev–Trinajstić information content (AvgIpc) is 2.75. The lowest BCUT2D eigenvalue weighted by Crippen LogP contribution is -2.09. The van der Waals surface area contributed by atoms with Gasteiger partial charge in [0.25, 0.3) is 0 Å². The molecule has 0 saturated carbocycles. The second-order valence-corrected chi connectivity index (χ2v) is 4.74. The maximum atomic E-state index is 11.8. The van der Waals surface area contributed by atoms with Crippen LogP contribution in [-0.4, -0.2) is 12.6 Å². The lowest BCUT2D eigenvalue weighted by atomic mass is 9.94. The molecule has 2 heteroatoms. The second-order valence-electron chi connectivity index (χ2n) is 4.74. The summed E-state index contributed by atoms with van der Waals surface area (Å²) < 4.78 is 5.09. The quantitative estimate of drug-likeness (QED) is 0.778. The van der Waals surface area contributed by atoms with Gasteiger partial charge in [0.1, 0.15) is 0 Å². The number of fused-ring (bicyclic) bond motifs is 3. The van der Waals surface area contributed by atoms with E-state index in [1.807, 2.05) is 31.2 Å². The first-order valence-corrected chi connectivity index (χ1v) is 6.65. The SMILES string of the molecule is CCOC(=O)CC1c2ccccc2-c2ccccc21. The van der Waals surface area contributed by atoms with Gasteiger partial charge in [-0.15, -0.1) is 0 Å². The maximum absolute atomic E-state index is 11.8. The van der Waals surface area contributed by atoms with Crippen LogP contribution >= 0.6 is 0 Å². The fourth-order valence-corrected chi connectivity index (χ4v) is 2.87. The van der Waals surface area contributed by atoms with Crippen LogP contribution in [0, 0.1) is 0 Å². The smallest absolute Gasteiger partial charge is 0.306 e. The molecule has 0 radical (unpaired) electrons. The summed E-state index contributed by atoms with van der Waals surface area (Å²) in [6.07, 6.45) is 0.419. The van der Waals surface area contributed by atoms with Gasteiger partial charge in [-0.05, 0) is 29.2 Å². The van der Waals surface area contributed by atoms with Crippen molar-refractivity contribution >= 4 is 5.97 Å². The van der Waals surface area contributed by atoms with E-state index in [1.165, 1.54) is 22.3 Å². The van der Waals surface area contributed by atoms with Crippen LogP contribution in [0.4, 0.5) is 0 Å². The molecule has 0 fully saturated rings. The van der Waals surface area contributed by atoms with Crippen LogP contribution in [-0.2, 0) is 9.53 Å². The molecule has 19 heavy (non-hydrogen) atoms. The van der Waals surface area contributed by atoms with Gasteiger partial charge in [0.2, 0.25) is 0 Å². The molecule has 0 N–H and O–H groups in total. The number of ether oxygens (including phenoxy) is 1. The van der Waals surface area contributed by atoms with Gasteiger partial charge in [0.15, 0.2) is 0 Å². The third-order valence-electron chi connectivity index (χ3n) is 3.64. The molecule has 1 aliphatic rings. The number of carbonyl (C=O) groups is 1. The largest absolute Gasteiger partial charge is 0.466 e. The van der Waals surface area contributed by atoms with E-state index < -0.39 is 0 Å². The first-order chi connectivity index (χ1) is 9.31. The molecular weight excluding hydrogens is 236 g/mol. The first kappa shape index (κ1) is 12.0. The first-order valence-electron chi connectivity index (χ1n) is 6.65. The predicted molar refractivity (Wildman–Crippen MR) is 75.0 cm³/mol. The molecule has 0 aromatic heterocycles. The Morgan fingerprint density at radius 2 is 1.53 bits per heavy atom. The molecule has 0 aliphatic heterocycles. The van der Waals surface area contributed by atoms with Gasteiger partial charge in [0, 0.05) is 5.92 Å². The van der Waals surface area contributed by atoms with Crippen LogP contribution in [0.2, 0.25) is 0 Å². The van der Waals surface area contributed by atoms with Gasteiger partial charge >= 0.3 is 5.97 Å². The summed E-state index contributed by atoms with van der Waals surface area (Å²) in [4.78, 5) is 11.8. The molecule has 0 unspecified atom stereocenters. The van der Waals surface area contributed by atoms with E-state index >= 15 is 0 Å². The molecule has 2 aromatic carbocycles. The van der Waals surface area contributed by atoms with Crippen LogP contribution in [0.5, 0.6) is 0 Å². The van der Waals surface area contributed by atoms with Crippen molar-refractivity contribution in [1.82, 2.24) is 0 Å². The number of carbonyl (C=O) groups excluding carboxylic acids is 1. The van der Waals surface area contributed by atoms with E-state index in [0.717, 1.165) is 0 Å². The Balaban J connectivity index is 2.02. The highest BCUT2D eigenvalue weighted by atomic mass is 16.5. The van der Waals surface area contributed by atoms with Crippen molar-refractivity contribution in [3.63, 3.8) is 0 Å². The van der Waals surface area contributed by atoms with Crippen LogP contribution in [0.1, 0.15) is 30.4 Å². The highest BCUT2D eigenvalue weighted by molar-refractivity contribution is 5.82. The van der Waals surface area contributed by atoms with E-state index in [1.54, 1.807) is 0 Å². The van der Waals surface area contributed by atoms with Gasteiger partial charge in [-0.1, -0.05) is 48.5 Å². The average molecular weight is 252 g/mol. The van der Waals surface area contributed by atoms with E-state index in [2.05, 4.69) is 24.3 Å². The van der Waals surface area contributed by atoms with Crippen molar-refractivity contribution in [2.24, 2.45) is 0 Å². The van der Waals surface area contributed by atoms with Crippen LogP contribution in [0.3, 0.4) is 0 Å².